The lowest BCUT2D eigenvalue weighted by Gasteiger charge is -2.38. The molecule has 2 unspecified atom stereocenters. The second kappa shape index (κ2) is 11.7. The van der Waals surface area contributed by atoms with E-state index in [1.54, 1.807) is 48.5 Å². The van der Waals surface area contributed by atoms with Crippen molar-refractivity contribution in [2.24, 2.45) is 0 Å². The molecule has 0 radical (unpaired) electrons. The summed E-state index contributed by atoms with van der Waals surface area (Å²) in [7, 11) is 2.92. The van der Waals surface area contributed by atoms with E-state index in [0.29, 0.717) is 22.6 Å². The minimum Gasteiger partial charge on any atom is -0.769 e. The van der Waals surface area contributed by atoms with Gasteiger partial charge in [0.05, 0.1) is 31.3 Å². The summed E-state index contributed by atoms with van der Waals surface area (Å²) in [6, 6.07) is 17.3. The van der Waals surface area contributed by atoms with Crippen LogP contribution in [0.1, 0.15) is 23.5 Å². The van der Waals surface area contributed by atoms with Crippen LogP contribution in [0.25, 0.3) is 0 Å². The van der Waals surface area contributed by atoms with Gasteiger partial charge in [-0.2, -0.15) is 0 Å². The Balaban J connectivity index is 1.57. The van der Waals surface area contributed by atoms with Crippen LogP contribution in [0.4, 0.5) is 41.1 Å². The lowest BCUT2D eigenvalue weighted by molar-refractivity contribution is 0.0272. The number of amides is 4. The number of carbonyl (C=O) groups is 2. The summed E-state index contributed by atoms with van der Waals surface area (Å²) >= 11 is 0. The molecule has 2 N–H and O–H groups in total. The summed E-state index contributed by atoms with van der Waals surface area (Å²) in [5.74, 6) is -1.18. The van der Waals surface area contributed by atoms with Crippen molar-refractivity contribution in [1.82, 2.24) is 10.0 Å². The van der Waals surface area contributed by atoms with Crippen molar-refractivity contribution in [3.63, 3.8) is 0 Å². The van der Waals surface area contributed by atoms with Crippen LogP contribution < -0.4 is 29.7 Å². The Morgan fingerprint density at radius 1 is 0.652 bits per heavy atom. The number of methoxy groups -OCH3 is 2. The highest BCUT2D eigenvalue weighted by Crippen LogP contribution is 2.50. The Morgan fingerprint density at radius 3 is 1.41 bits per heavy atom. The fourth-order valence-electron chi connectivity index (χ4n) is 5.51. The first-order valence-electron chi connectivity index (χ1n) is 13.5. The summed E-state index contributed by atoms with van der Waals surface area (Å²) in [6.07, 6.45) is -2.50. The lowest BCUT2D eigenvalue weighted by atomic mass is 10.1. The zero-order valence-electron chi connectivity index (χ0n) is 24.0. The average Bonchev–Trinajstić information content (AvgIpc) is 3.52. The van der Waals surface area contributed by atoms with Gasteiger partial charge in [-0.05, 0) is 71.8 Å². The van der Waals surface area contributed by atoms with Crippen LogP contribution in [-0.2, 0) is 0 Å². The number of rotatable bonds is 8. The molecule has 14 nitrogen and oxygen atoms in total. The van der Waals surface area contributed by atoms with E-state index in [-0.39, 0.29) is 11.4 Å². The first-order valence-corrected chi connectivity index (χ1v) is 13.5. The van der Waals surface area contributed by atoms with Crippen molar-refractivity contribution < 1.29 is 38.3 Å². The van der Waals surface area contributed by atoms with Crippen molar-refractivity contribution in [2.75, 3.05) is 34.5 Å². The largest absolute Gasteiger partial charge is 0.769 e. The quantitative estimate of drug-likeness (QED) is 0.225. The van der Waals surface area contributed by atoms with Gasteiger partial charge in [0.25, 0.3) is 0 Å². The maximum Gasteiger partial charge on any atom is 0.347 e. The number of anilines is 4. The second-order valence-corrected chi connectivity index (χ2v) is 10.1. The first-order chi connectivity index (χ1) is 22.0. The van der Waals surface area contributed by atoms with Crippen molar-refractivity contribution in [2.45, 2.75) is 12.3 Å². The van der Waals surface area contributed by atoms with Crippen molar-refractivity contribution in [3.8, 4) is 11.5 Å². The Morgan fingerprint density at radius 2 is 1.04 bits per heavy atom. The van der Waals surface area contributed by atoms with Gasteiger partial charge in [-0.1, -0.05) is 24.3 Å². The highest BCUT2D eigenvalue weighted by atomic mass is 19.1. The third kappa shape index (κ3) is 4.90. The summed E-state index contributed by atoms with van der Waals surface area (Å²) in [6.45, 7) is 0. The Labute approximate surface area is 259 Å². The molecule has 0 saturated carbocycles. The van der Waals surface area contributed by atoms with Crippen molar-refractivity contribution in [3.05, 3.63) is 118 Å². The van der Waals surface area contributed by atoms with Crippen LogP contribution in [0.5, 0.6) is 11.5 Å². The molecule has 46 heavy (non-hydrogen) atoms. The fourth-order valence-corrected chi connectivity index (χ4v) is 5.51. The number of benzene rings is 4. The number of nitrogens with zero attached hydrogens (tertiary/aromatic N) is 6. The van der Waals surface area contributed by atoms with Crippen LogP contribution in [0.15, 0.2) is 84.9 Å². The van der Waals surface area contributed by atoms with Gasteiger partial charge in [-0.25, -0.2) is 28.4 Å². The molecule has 4 aromatic rings. The monoisotopic (exact) mass is 634 g/mol. The SMILES string of the molecule is COc1ccc(C2N(c3ccc(F)c(N([O-])[O-])c3)C(=O)N3C(c4ccc(OC)cc4)N(c4ccc(F)c(N(O)O)c4)C(=O)N23)cc1. The molecule has 238 valence electrons. The second-order valence-electron chi connectivity index (χ2n) is 10.1. The van der Waals surface area contributed by atoms with Crippen molar-refractivity contribution >= 4 is 34.8 Å². The number of carbonyl (C=O) groups excluding carboxylic acids is 2. The molecule has 2 heterocycles. The minimum atomic E-state index is -1.26. The Hall–Kier alpha value is -5.68. The van der Waals surface area contributed by atoms with Crippen LogP contribution >= 0.6 is 0 Å². The van der Waals surface area contributed by atoms with Gasteiger partial charge in [0.1, 0.15) is 23.0 Å². The maximum absolute atomic E-state index is 14.5. The molecule has 2 fully saturated rings. The topological polar surface area (TPSA) is 159 Å². The predicted molar refractivity (Wildman–Crippen MR) is 159 cm³/mol. The van der Waals surface area contributed by atoms with E-state index in [4.69, 9.17) is 9.47 Å². The van der Waals surface area contributed by atoms with Gasteiger partial charge < -0.3 is 25.1 Å². The average molecular weight is 635 g/mol. The third-order valence-corrected chi connectivity index (χ3v) is 7.64. The number of hydrazine groups is 1. The molecule has 4 aromatic carbocycles. The molecule has 2 aliphatic rings. The molecule has 2 aliphatic heterocycles. The van der Waals surface area contributed by atoms with E-state index in [1.165, 1.54) is 26.4 Å². The van der Waals surface area contributed by atoms with Gasteiger partial charge >= 0.3 is 12.1 Å². The molecule has 6 rings (SSSR count). The predicted octanol–water partition coefficient (Wildman–Crippen LogP) is 5.87. The Kier molecular flexibility index (Phi) is 7.70. The fraction of sp³-hybridized carbons (Fsp3) is 0.133. The van der Waals surface area contributed by atoms with E-state index in [1.807, 2.05) is 0 Å². The van der Waals surface area contributed by atoms with Gasteiger partial charge in [-0.3, -0.25) is 20.2 Å². The zero-order valence-corrected chi connectivity index (χ0v) is 24.0. The minimum absolute atomic E-state index is 0.00466. The Bertz CT molecular complexity index is 1660. The first kappa shape index (κ1) is 30.4. The molecular formula is C30H24F2N6O8-2. The summed E-state index contributed by atoms with van der Waals surface area (Å²) < 4.78 is 39.4. The maximum atomic E-state index is 14.5. The number of ether oxygens (including phenoxy) is 2. The third-order valence-electron chi connectivity index (χ3n) is 7.64. The number of hydrogen-bond donors (Lipinski definition) is 2. The van der Waals surface area contributed by atoms with Gasteiger partial charge in [0.2, 0.25) is 0 Å². The molecule has 2 saturated heterocycles. The van der Waals surface area contributed by atoms with E-state index >= 15 is 0 Å². The number of halogens is 2. The molecule has 0 bridgehead atoms. The van der Waals surface area contributed by atoms with Crippen LogP contribution in [0.3, 0.4) is 0 Å². The number of fused-ring (bicyclic) bond motifs is 1. The summed E-state index contributed by atoms with van der Waals surface area (Å²) in [4.78, 5) is 31.3. The highest BCUT2D eigenvalue weighted by Gasteiger charge is 2.59. The standard InChI is InChI=1S/C30H24F2N6O8/c1-45-21-9-3-17(4-10-21)27-33(19-7-13-23(31)25(15-19)37(41)42)29(39)36-28(18-5-11-22(46-2)12-6-18)34(30(40)35(27)36)20-8-14-24(32)26(16-20)38(43)44/h3-16,27-28,41-42H,1-2H3/q-2. The summed E-state index contributed by atoms with van der Waals surface area (Å²) in [5, 5.41) is 43.4. The molecule has 0 aromatic heterocycles. The van der Waals surface area contributed by atoms with E-state index < -0.39 is 57.9 Å². The zero-order chi connectivity index (χ0) is 32.9. The summed E-state index contributed by atoms with van der Waals surface area (Å²) in [5.41, 5.74) is -0.849. The number of urea groups is 2. The van der Waals surface area contributed by atoms with Crippen LogP contribution in [0.2, 0.25) is 0 Å². The molecule has 2 atom stereocenters. The van der Waals surface area contributed by atoms with Gasteiger partial charge in [0.15, 0.2) is 18.1 Å². The van der Waals surface area contributed by atoms with E-state index in [2.05, 4.69) is 0 Å². The van der Waals surface area contributed by atoms with Gasteiger partial charge in [0, 0.05) is 0 Å². The molecule has 0 spiro atoms. The van der Waals surface area contributed by atoms with E-state index in [0.717, 1.165) is 44.1 Å². The molecule has 4 amide bonds. The molecular weight excluding hydrogens is 610 g/mol. The number of hydrogen-bond acceptors (Lipinski definition) is 10. The van der Waals surface area contributed by atoms with Crippen LogP contribution in [-0.4, -0.2) is 46.7 Å². The molecule has 0 aliphatic carbocycles. The van der Waals surface area contributed by atoms with Gasteiger partial charge in [-0.15, -0.1) is 5.23 Å². The normalized spacial score (nSPS) is 17.5. The van der Waals surface area contributed by atoms with Crippen molar-refractivity contribution in [1.29, 1.82) is 0 Å². The van der Waals surface area contributed by atoms with E-state index in [9.17, 15) is 39.2 Å². The smallest absolute Gasteiger partial charge is 0.347 e. The molecule has 16 heteroatoms. The lowest BCUT2D eigenvalue weighted by Crippen LogP contribution is -2.40. The highest BCUT2D eigenvalue weighted by molar-refractivity contribution is 6.05. The van der Waals surface area contributed by atoms with Crippen LogP contribution in [0, 0.1) is 22.0 Å².